The van der Waals surface area contributed by atoms with Gasteiger partial charge in [0, 0.05) is 12.4 Å². The molecule has 0 spiro atoms. The summed E-state index contributed by atoms with van der Waals surface area (Å²) in [6, 6.07) is 5.78. The van der Waals surface area contributed by atoms with Gasteiger partial charge in [0.15, 0.2) is 5.82 Å². The van der Waals surface area contributed by atoms with Crippen LogP contribution < -0.4 is 16.0 Å². The van der Waals surface area contributed by atoms with Crippen molar-refractivity contribution in [3.63, 3.8) is 0 Å². The molecule has 4 rings (SSSR count). The Labute approximate surface area is 181 Å². The molecule has 1 aromatic heterocycles. The summed E-state index contributed by atoms with van der Waals surface area (Å²) in [5.74, 6) is -0.0943. The molecule has 2 fully saturated rings. The van der Waals surface area contributed by atoms with Crippen LogP contribution in [0.3, 0.4) is 0 Å². The topological polar surface area (TPSA) is 96.0 Å². The predicted molar refractivity (Wildman–Crippen MR) is 113 cm³/mol. The monoisotopic (exact) mass is 425 g/mol. The zero-order chi connectivity index (χ0) is 22.2. The van der Waals surface area contributed by atoms with Crippen LogP contribution in [0.2, 0.25) is 0 Å². The highest BCUT2D eigenvalue weighted by Gasteiger charge is 2.36. The number of hydrogen-bond acceptors (Lipinski definition) is 5. The van der Waals surface area contributed by atoms with Crippen LogP contribution in [-0.2, 0) is 9.59 Å². The average Bonchev–Trinajstić information content (AvgIpc) is 3.56. The Morgan fingerprint density at radius 1 is 1.23 bits per heavy atom. The van der Waals surface area contributed by atoms with Crippen LogP contribution in [0.5, 0.6) is 0 Å². The van der Waals surface area contributed by atoms with E-state index < -0.39 is 18.2 Å². The summed E-state index contributed by atoms with van der Waals surface area (Å²) < 4.78 is 14.7. The molecule has 1 aliphatic heterocycles. The molecule has 7 nitrogen and oxygen atoms in total. The molecular formula is C23H28FN5O2. The zero-order valence-corrected chi connectivity index (χ0v) is 18.0. The minimum Gasteiger partial charge on any atom is -0.347 e. The number of nitrogens with zero attached hydrogens (tertiary/aromatic N) is 2. The second-order valence-corrected chi connectivity index (χ2v) is 9.39. The lowest BCUT2D eigenvalue weighted by Gasteiger charge is -2.35. The van der Waals surface area contributed by atoms with Crippen LogP contribution in [0, 0.1) is 11.2 Å². The molecule has 0 bridgehead atoms. The first-order valence-corrected chi connectivity index (χ1v) is 10.6. The van der Waals surface area contributed by atoms with Crippen molar-refractivity contribution in [1.29, 1.82) is 0 Å². The molecule has 1 saturated heterocycles. The highest BCUT2D eigenvalue weighted by atomic mass is 19.1. The van der Waals surface area contributed by atoms with E-state index in [1.807, 2.05) is 32.9 Å². The fourth-order valence-corrected chi connectivity index (χ4v) is 3.97. The van der Waals surface area contributed by atoms with Crippen molar-refractivity contribution < 1.29 is 14.0 Å². The fraction of sp³-hybridized carbons (Fsp3) is 0.478. The Morgan fingerprint density at radius 3 is 2.55 bits per heavy atom. The van der Waals surface area contributed by atoms with Crippen molar-refractivity contribution in [1.82, 2.24) is 25.9 Å². The normalized spacial score (nSPS) is 22.5. The molecule has 3 N–H and O–H groups in total. The van der Waals surface area contributed by atoms with Crippen molar-refractivity contribution in [3.8, 4) is 0 Å². The molecule has 2 amide bonds. The third-order valence-corrected chi connectivity index (χ3v) is 5.75. The summed E-state index contributed by atoms with van der Waals surface area (Å²) in [5.41, 5.74) is 1.10. The Hall–Kier alpha value is -2.87. The molecule has 164 valence electrons. The van der Waals surface area contributed by atoms with Gasteiger partial charge in [-0.3, -0.25) is 14.9 Å². The second-order valence-electron chi connectivity index (χ2n) is 9.39. The fourth-order valence-electron chi connectivity index (χ4n) is 3.97. The minimum absolute atomic E-state index is 0.00100. The van der Waals surface area contributed by atoms with Crippen LogP contribution in [0.1, 0.15) is 75.1 Å². The van der Waals surface area contributed by atoms with E-state index in [4.69, 9.17) is 0 Å². The summed E-state index contributed by atoms with van der Waals surface area (Å²) in [6.45, 7) is 5.98. The van der Waals surface area contributed by atoms with Gasteiger partial charge >= 0.3 is 0 Å². The van der Waals surface area contributed by atoms with Crippen LogP contribution in [0.15, 0.2) is 36.7 Å². The minimum atomic E-state index is -0.747. The molecule has 1 saturated carbocycles. The van der Waals surface area contributed by atoms with Crippen molar-refractivity contribution in [2.75, 3.05) is 0 Å². The first kappa shape index (κ1) is 21.4. The number of nitrogens with one attached hydrogen (secondary N) is 3. The van der Waals surface area contributed by atoms with Gasteiger partial charge in [-0.2, -0.15) is 0 Å². The molecule has 2 aromatic rings. The summed E-state index contributed by atoms with van der Waals surface area (Å²) in [7, 11) is 0. The van der Waals surface area contributed by atoms with E-state index in [1.54, 1.807) is 18.5 Å². The number of carbonyl (C=O) groups excluding carboxylic acids is 2. The first-order chi connectivity index (χ1) is 14.7. The summed E-state index contributed by atoms with van der Waals surface area (Å²) in [6.07, 6.45) is 4.56. The maximum atomic E-state index is 14.7. The standard InChI is InChI=1S/C23H28FN5O2/c1-23(2,3)19(14-7-8-15(13-5-6-13)16(24)11-14)29-22(31)17-12-18(30)28-21(27-17)20-25-9-4-10-26-20/h4,7-11,13,17,19,21,27H,5-6,12H2,1-3H3,(H,28,30)(H,29,31)/t17?,19-,21?/m0/s1. The van der Waals surface area contributed by atoms with Gasteiger partial charge in [-0.15, -0.1) is 0 Å². The number of hydrogen-bond donors (Lipinski definition) is 3. The molecule has 3 atom stereocenters. The van der Waals surface area contributed by atoms with Gasteiger partial charge in [0.05, 0.1) is 18.5 Å². The Bertz CT molecular complexity index is 972. The number of halogens is 1. The van der Waals surface area contributed by atoms with Gasteiger partial charge in [-0.05, 0) is 47.4 Å². The highest BCUT2D eigenvalue weighted by molar-refractivity contribution is 5.89. The van der Waals surface area contributed by atoms with Gasteiger partial charge in [0.25, 0.3) is 0 Å². The van der Waals surface area contributed by atoms with Crippen LogP contribution in [-0.4, -0.2) is 27.8 Å². The van der Waals surface area contributed by atoms with Gasteiger partial charge in [-0.1, -0.05) is 32.9 Å². The lowest BCUT2D eigenvalue weighted by atomic mass is 9.81. The number of rotatable bonds is 5. The van der Waals surface area contributed by atoms with Crippen LogP contribution >= 0.6 is 0 Å². The van der Waals surface area contributed by atoms with Gasteiger partial charge in [0.1, 0.15) is 12.0 Å². The maximum Gasteiger partial charge on any atom is 0.238 e. The Morgan fingerprint density at radius 2 is 1.94 bits per heavy atom. The largest absolute Gasteiger partial charge is 0.347 e. The zero-order valence-electron chi connectivity index (χ0n) is 18.0. The van der Waals surface area contributed by atoms with Gasteiger partial charge in [0.2, 0.25) is 11.8 Å². The van der Waals surface area contributed by atoms with E-state index in [0.29, 0.717) is 17.3 Å². The molecule has 1 aliphatic carbocycles. The maximum absolute atomic E-state index is 14.7. The molecule has 2 unspecified atom stereocenters. The van der Waals surface area contributed by atoms with Crippen molar-refractivity contribution >= 4 is 11.8 Å². The van der Waals surface area contributed by atoms with Gasteiger partial charge < -0.3 is 10.6 Å². The Kier molecular flexibility index (Phi) is 5.75. The van der Waals surface area contributed by atoms with Crippen molar-refractivity contribution in [3.05, 3.63) is 59.4 Å². The average molecular weight is 426 g/mol. The van der Waals surface area contributed by atoms with E-state index in [1.165, 1.54) is 6.07 Å². The lowest BCUT2D eigenvalue weighted by molar-refractivity contribution is -0.132. The van der Waals surface area contributed by atoms with Crippen molar-refractivity contribution in [2.45, 2.75) is 64.2 Å². The van der Waals surface area contributed by atoms with Crippen LogP contribution in [0.25, 0.3) is 0 Å². The van der Waals surface area contributed by atoms with E-state index in [-0.39, 0.29) is 29.5 Å². The number of benzene rings is 1. The van der Waals surface area contributed by atoms with E-state index in [2.05, 4.69) is 25.9 Å². The predicted octanol–water partition coefficient (Wildman–Crippen LogP) is 2.87. The third-order valence-electron chi connectivity index (χ3n) is 5.75. The second kappa shape index (κ2) is 8.34. The molecule has 1 aromatic carbocycles. The molecule has 31 heavy (non-hydrogen) atoms. The summed E-state index contributed by atoms with van der Waals surface area (Å²) in [5, 5.41) is 8.91. The SMILES string of the molecule is CC(C)(C)[C@@H](NC(=O)C1CC(=O)NC(c2ncccn2)N1)c1ccc(C2CC2)c(F)c1. The van der Waals surface area contributed by atoms with Gasteiger partial charge in [-0.25, -0.2) is 14.4 Å². The molecule has 8 heteroatoms. The number of amides is 2. The first-order valence-electron chi connectivity index (χ1n) is 10.6. The van der Waals surface area contributed by atoms with E-state index >= 15 is 0 Å². The smallest absolute Gasteiger partial charge is 0.238 e. The lowest BCUT2D eigenvalue weighted by Crippen LogP contribution is -2.57. The van der Waals surface area contributed by atoms with E-state index in [9.17, 15) is 14.0 Å². The van der Waals surface area contributed by atoms with Crippen LogP contribution in [0.4, 0.5) is 4.39 Å². The molecule has 0 radical (unpaired) electrons. The third kappa shape index (κ3) is 4.90. The van der Waals surface area contributed by atoms with Crippen molar-refractivity contribution in [2.24, 2.45) is 5.41 Å². The molecule has 2 heterocycles. The quantitative estimate of drug-likeness (QED) is 0.685. The summed E-state index contributed by atoms with van der Waals surface area (Å²) in [4.78, 5) is 33.7. The summed E-state index contributed by atoms with van der Waals surface area (Å²) >= 11 is 0. The number of aromatic nitrogens is 2. The number of carbonyl (C=O) groups is 2. The molecule has 2 aliphatic rings. The highest BCUT2D eigenvalue weighted by Crippen LogP contribution is 2.42. The molecular weight excluding hydrogens is 397 g/mol. The van der Waals surface area contributed by atoms with E-state index in [0.717, 1.165) is 18.4 Å². The Balaban J connectivity index is 1.52.